The highest BCUT2D eigenvalue weighted by Crippen LogP contribution is 2.45. The summed E-state index contributed by atoms with van der Waals surface area (Å²) in [5.74, 6) is 0.0978. The average molecular weight is 564 g/mol. The molecule has 42 heavy (non-hydrogen) atoms. The van der Waals surface area contributed by atoms with E-state index in [0.29, 0.717) is 25.0 Å². The fourth-order valence-corrected chi connectivity index (χ4v) is 7.38. The zero-order valence-electron chi connectivity index (χ0n) is 24.8. The number of amides is 1. The molecule has 3 saturated heterocycles. The minimum absolute atomic E-state index is 0.0392. The highest BCUT2D eigenvalue weighted by molar-refractivity contribution is 6.62. The number of benzene rings is 3. The zero-order chi connectivity index (χ0) is 29.2. The Labute approximate surface area is 248 Å². The van der Waals surface area contributed by atoms with Crippen molar-refractivity contribution in [3.05, 3.63) is 89.5 Å². The first-order valence-corrected chi connectivity index (χ1v) is 15.3. The van der Waals surface area contributed by atoms with Gasteiger partial charge in [0.2, 0.25) is 0 Å². The molecule has 0 aromatic heterocycles. The molecule has 7 heteroatoms. The van der Waals surface area contributed by atoms with Gasteiger partial charge in [-0.25, -0.2) is 4.79 Å². The molecular weight excluding hydrogens is 525 g/mol. The Balaban J connectivity index is 0.991. The number of Topliss-reactive ketones (excluding diaryl/α,β-unsaturated/α-hetero) is 1. The lowest BCUT2D eigenvalue weighted by Gasteiger charge is -2.37. The van der Waals surface area contributed by atoms with E-state index in [2.05, 4.69) is 36.4 Å². The van der Waals surface area contributed by atoms with Crippen LogP contribution in [0.3, 0.4) is 0 Å². The number of rotatable bonds is 5. The summed E-state index contributed by atoms with van der Waals surface area (Å²) in [4.78, 5) is 28.9. The van der Waals surface area contributed by atoms with Gasteiger partial charge >= 0.3 is 13.2 Å². The lowest BCUT2D eigenvalue weighted by atomic mass is 9.78. The molecule has 3 aromatic carbocycles. The van der Waals surface area contributed by atoms with Gasteiger partial charge in [-0.2, -0.15) is 0 Å². The van der Waals surface area contributed by atoms with E-state index in [1.165, 1.54) is 22.3 Å². The number of ketones is 1. The Bertz CT molecular complexity index is 1460. The Morgan fingerprint density at radius 3 is 1.88 bits per heavy atom. The van der Waals surface area contributed by atoms with E-state index >= 15 is 0 Å². The number of ether oxygens (including phenoxy) is 1. The molecular formula is C35H38BNO5. The van der Waals surface area contributed by atoms with Crippen molar-refractivity contribution in [3.8, 4) is 11.1 Å². The topological polar surface area (TPSA) is 65.1 Å². The number of hydrogen-bond donors (Lipinski definition) is 0. The van der Waals surface area contributed by atoms with Gasteiger partial charge in [0.25, 0.3) is 0 Å². The maximum Gasteiger partial charge on any atom is 0.494 e. The van der Waals surface area contributed by atoms with Gasteiger partial charge in [-0.1, -0.05) is 72.8 Å². The van der Waals surface area contributed by atoms with Crippen molar-refractivity contribution >= 4 is 24.5 Å². The van der Waals surface area contributed by atoms with Crippen molar-refractivity contribution in [1.29, 1.82) is 0 Å². The molecule has 3 heterocycles. The van der Waals surface area contributed by atoms with Gasteiger partial charge in [0.15, 0.2) is 5.78 Å². The fraction of sp³-hybridized carbons (Fsp3) is 0.429. The SMILES string of the molecule is CC1(C)OB(c2ccc(C(=O)C3CC4CCC(C3)N4C(=O)OCC3c4ccccc4-c4ccccc43)cc2)OC1(C)C. The third-order valence-corrected chi connectivity index (χ3v) is 10.4. The number of nitrogens with zero attached hydrogens (tertiary/aromatic N) is 1. The van der Waals surface area contributed by atoms with Crippen LogP contribution in [0.2, 0.25) is 0 Å². The third kappa shape index (κ3) is 4.49. The molecule has 1 aliphatic carbocycles. The van der Waals surface area contributed by atoms with Crippen LogP contribution in [0.5, 0.6) is 0 Å². The van der Waals surface area contributed by atoms with Gasteiger partial charge in [-0.05, 0) is 81.1 Å². The molecule has 6 nitrogen and oxygen atoms in total. The third-order valence-electron chi connectivity index (χ3n) is 10.4. The van der Waals surface area contributed by atoms with Gasteiger partial charge in [0.1, 0.15) is 6.61 Å². The molecule has 3 aromatic rings. The van der Waals surface area contributed by atoms with Gasteiger partial charge < -0.3 is 18.9 Å². The Kier molecular flexibility index (Phi) is 6.59. The summed E-state index contributed by atoms with van der Waals surface area (Å²) < 4.78 is 18.3. The van der Waals surface area contributed by atoms with Crippen LogP contribution in [0.1, 0.15) is 80.8 Å². The molecule has 0 N–H and O–H groups in total. The van der Waals surface area contributed by atoms with Crippen LogP contribution < -0.4 is 5.46 Å². The predicted octanol–water partition coefficient (Wildman–Crippen LogP) is 6.36. The molecule has 4 aliphatic rings. The number of piperidine rings is 1. The molecule has 2 atom stereocenters. The van der Waals surface area contributed by atoms with Gasteiger partial charge in [-0.3, -0.25) is 4.79 Å². The summed E-state index contributed by atoms with van der Waals surface area (Å²) in [6, 6.07) is 24.5. The summed E-state index contributed by atoms with van der Waals surface area (Å²) in [5, 5.41) is 0. The van der Waals surface area contributed by atoms with E-state index in [1.807, 2.05) is 69.0 Å². The molecule has 2 unspecified atom stereocenters. The maximum absolute atomic E-state index is 13.6. The van der Waals surface area contributed by atoms with Crippen molar-refractivity contribution in [2.75, 3.05) is 6.61 Å². The predicted molar refractivity (Wildman–Crippen MR) is 163 cm³/mol. The monoisotopic (exact) mass is 563 g/mol. The first-order chi connectivity index (χ1) is 20.1. The maximum atomic E-state index is 13.6. The van der Waals surface area contributed by atoms with Crippen LogP contribution in [0.4, 0.5) is 4.79 Å². The van der Waals surface area contributed by atoms with Crippen molar-refractivity contribution in [2.45, 2.75) is 82.6 Å². The Morgan fingerprint density at radius 1 is 0.810 bits per heavy atom. The largest absolute Gasteiger partial charge is 0.494 e. The summed E-state index contributed by atoms with van der Waals surface area (Å²) in [7, 11) is -0.449. The molecule has 0 spiro atoms. The van der Waals surface area contributed by atoms with E-state index in [9.17, 15) is 9.59 Å². The minimum Gasteiger partial charge on any atom is -0.448 e. The van der Waals surface area contributed by atoms with Crippen molar-refractivity contribution in [3.63, 3.8) is 0 Å². The van der Waals surface area contributed by atoms with E-state index < -0.39 is 18.3 Å². The van der Waals surface area contributed by atoms with Crippen molar-refractivity contribution in [2.24, 2.45) is 5.92 Å². The first-order valence-electron chi connectivity index (χ1n) is 15.3. The molecule has 1 amide bonds. The van der Waals surface area contributed by atoms with Crippen LogP contribution in [-0.2, 0) is 14.0 Å². The second-order valence-electron chi connectivity index (χ2n) is 13.3. The second kappa shape index (κ2) is 10.1. The van der Waals surface area contributed by atoms with Crippen molar-refractivity contribution < 1.29 is 23.6 Å². The zero-order valence-corrected chi connectivity index (χ0v) is 24.8. The molecule has 3 fully saturated rings. The smallest absolute Gasteiger partial charge is 0.448 e. The van der Waals surface area contributed by atoms with Crippen LogP contribution in [-0.4, -0.2) is 53.8 Å². The van der Waals surface area contributed by atoms with E-state index in [-0.39, 0.29) is 35.8 Å². The lowest BCUT2D eigenvalue weighted by molar-refractivity contribution is 0.00578. The summed E-state index contributed by atoms with van der Waals surface area (Å²) in [5.41, 5.74) is 5.66. The first kappa shape index (κ1) is 27.4. The highest BCUT2D eigenvalue weighted by Gasteiger charge is 2.52. The van der Waals surface area contributed by atoms with Crippen LogP contribution in [0.25, 0.3) is 11.1 Å². The van der Waals surface area contributed by atoms with Gasteiger partial charge in [0, 0.05) is 29.5 Å². The normalized spacial score (nSPS) is 25.3. The quantitative estimate of drug-likeness (QED) is 0.267. The second-order valence-corrected chi connectivity index (χ2v) is 13.3. The van der Waals surface area contributed by atoms with Crippen molar-refractivity contribution in [1.82, 2.24) is 4.90 Å². The molecule has 2 bridgehead atoms. The summed E-state index contributed by atoms with van der Waals surface area (Å²) >= 11 is 0. The molecule has 3 aliphatic heterocycles. The molecule has 216 valence electrons. The molecule has 0 saturated carbocycles. The molecule has 0 radical (unpaired) electrons. The van der Waals surface area contributed by atoms with Gasteiger partial charge in [0.05, 0.1) is 11.2 Å². The van der Waals surface area contributed by atoms with E-state index in [0.717, 1.165) is 18.3 Å². The summed E-state index contributed by atoms with van der Waals surface area (Å²) in [6.45, 7) is 8.46. The Hall–Kier alpha value is -3.42. The minimum atomic E-state index is -0.449. The van der Waals surface area contributed by atoms with Crippen LogP contribution in [0, 0.1) is 5.92 Å². The van der Waals surface area contributed by atoms with Crippen LogP contribution >= 0.6 is 0 Å². The van der Waals surface area contributed by atoms with Crippen LogP contribution in [0.15, 0.2) is 72.8 Å². The average Bonchev–Trinajstić information content (AvgIpc) is 3.53. The Morgan fingerprint density at radius 2 is 1.33 bits per heavy atom. The number of fused-ring (bicyclic) bond motifs is 5. The van der Waals surface area contributed by atoms with E-state index in [4.69, 9.17) is 14.0 Å². The number of carbonyl (C=O) groups excluding carboxylic acids is 2. The summed E-state index contributed by atoms with van der Waals surface area (Å²) in [6.07, 6.45) is 2.94. The number of hydrogen-bond acceptors (Lipinski definition) is 5. The van der Waals surface area contributed by atoms with Gasteiger partial charge in [-0.15, -0.1) is 0 Å². The number of carbonyl (C=O) groups is 2. The van der Waals surface area contributed by atoms with E-state index in [1.54, 1.807) is 0 Å². The standard InChI is InChI=1S/C35H38BNO5/c1-34(2)35(3,4)42-36(41-34)24-15-13-22(14-16-24)32(38)23-19-25-17-18-26(20-23)37(25)33(39)40-21-31-29-11-7-5-9-27(29)28-10-6-8-12-30(28)31/h5-16,23,25-26,31H,17-21H2,1-4H3. The lowest BCUT2D eigenvalue weighted by Crippen LogP contribution is -2.48. The molecule has 7 rings (SSSR count). The fourth-order valence-electron chi connectivity index (χ4n) is 7.38. The highest BCUT2D eigenvalue weighted by atomic mass is 16.7.